The second-order valence-corrected chi connectivity index (χ2v) is 1.83. The van der Waals surface area contributed by atoms with Crippen LogP contribution in [0.2, 0.25) is 0 Å². The molecule has 0 aliphatic heterocycles. The second-order valence-electron chi connectivity index (χ2n) is 1.83. The quantitative estimate of drug-likeness (QED) is 0.450. The molecule has 0 spiro atoms. The minimum atomic E-state index is -0.419. The van der Waals surface area contributed by atoms with Crippen LogP contribution in [0, 0.1) is 12.7 Å². The smallest absolute Gasteiger partial charge is 0.145 e. The Bertz CT molecular complexity index is 204. The van der Waals surface area contributed by atoms with E-state index >= 15 is 0 Å². The van der Waals surface area contributed by atoms with Gasteiger partial charge in [-0.1, -0.05) is 0 Å². The van der Waals surface area contributed by atoms with Crippen molar-refractivity contribution in [1.29, 1.82) is 0 Å². The van der Waals surface area contributed by atoms with Crippen molar-refractivity contribution in [3.05, 3.63) is 23.6 Å². The number of halogens is 1. The molecule has 0 saturated heterocycles. The minimum Gasteiger partial charge on any atom is -0.270 e. The Morgan fingerprint density at radius 2 is 2.33 bits per heavy atom. The second kappa shape index (κ2) is 2.17. The van der Waals surface area contributed by atoms with Crippen LogP contribution in [-0.4, -0.2) is 12.8 Å². The first-order valence-corrected chi connectivity index (χ1v) is 2.58. The molecule has 0 amide bonds. The third-order valence-corrected chi connectivity index (χ3v) is 1.11. The largest absolute Gasteiger partial charge is 0.270 e. The molecule has 0 N–H and O–H groups in total. The average Bonchev–Trinajstić information content (AvgIpc) is 1.83. The highest BCUT2D eigenvalue weighted by molar-refractivity contribution is 6.30. The van der Waals surface area contributed by atoms with Crippen LogP contribution in [0.15, 0.2) is 12.3 Å². The van der Waals surface area contributed by atoms with Gasteiger partial charge in [0.1, 0.15) is 13.7 Å². The minimum absolute atomic E-state index is 0.0324. The van der Waals surface area contributed by atoms with E-state index in [4.69, 9.17) is 7.85 Å². The molecule has 0 unspecified atom stereocenters. The van der Waals surface area contributed by atoms with E-state index in [9.17, 15) is 4.39 Å². The van der Waals surface area contributed by atoms with Crippen molar-refractivity contribution >= 4 is 13.4 Å². The maximum atomic E-state index is 12.5. The summed E-state index contributed by atoms with van der Waals surface area (Å²) in [5.74, 6) is -0.419. The standard InChI is InChI=1S/C6H5BFN/c1-4-2-3-9-6(7)5(4)8/h2-3H,1H3. The molecule has 9 heavy (non-hydrogen) atoms. The average molecular weight is 121 g/mol. The monoisotopic (exact) mass is 121 g/mol. The van der Waals surface area contributed by atoms with Gasteiger partial charge in [0, 0.05) is 11.8 Å². The van der Waals surface area contributed by atoms with Crippen LogP contribution in [0.3, 0.4) is 0 Å². The molecule has 1 aromatic rings. The molecular weight excluding hydrogens is 116 g/mol. The number of nitrogens with zero attached hydrogens (tertiary/aromatic N) is 1. The highest BCUT2D eigenvalue weighted by Gasteiger charge is 1.97. The van der Waals surface area contributed by atoms with Crippen LogP contribution in [0.25, 0.3) is 0 Å². The van der Waals surface area contributed by atoms with Crippen molar-refractivity contribution < 1.29 is 4.39 Å². The van der Waals surface area contributed by atoms with E-state index in [-0.39, 0.29) is 5.59 Å². The summed E-state index contributed by atoms with van der Waals surface area (Å²) in [6.45, 7) is 1.65. The Labute approximate surface area is 54.3 Å². The summed E-state index contributed by atoms with van der Waals surface area (Å²) in [4.78, 5) is 3.54. The van der Waals surface area contributed by atoms with Crippen molar-refractivity contribution in [3.8, 4) is 0 Å². The molecule has 44 valence electrons. The van der Waals surface area contributed by atoms with E-state index in [0.29, 0.717) is 5.56 Å². The molecule has 0 fully saturated rings. The lowest BCUT2D eigenvalue weighted by molar-refractivity contribution is 0.622. The van der Waals surface area contributed by atoms with Crippen molar-refractivity contribution in [1.82, 2.24) is 4.98 Å². The summed E-state index contributed by atoms with van der Waals surface area (Å²) in [6, 6.07) is 1.58. The van der Waals surface area contributed by atoms with Crippen LogP contribution < -0.4 is 5.59 Å². The van der Waals surface area contributed by atoms with Gasteiger partial charge in [-0.05, 0) is 18.6 Å². The van der Waals surface area contributed by atoms with Gasteiger partial charge in [0.2, 0.25) is 0 Å². The highest BCUT2D eigenvalue weighted by Crippen LogP contribution is 1.97. The summed E-state index contributed by atoms with van der Waals surface area (Å²) < 4.78 is 12.5. The van der Waals surface area contributed by atoms with E-state index in [1.54, 1.807) is 13.0 Å². The van der Waals surface area contributed by atoms with Gasteiger partial charge in [0.25, 0.3) is 0 Å². The Hall–Kier alpha value is -0.855. The van der Waals surface area contributed by atoms with Gasteiger partial charge in [-0.3, -0.25) is 4.98 Å². The molecule has 3 heteroatoms. The number of rotatable bonds is 0. The van der Waals surface area contributed by atoms with Gasteiger partial charge in [0.15, 0.2) is 0 Å². The summed E-state index contributed by atoms with van der Waals surface area (Å²) in [7, 11) is 5.13. The van der Waals surface area contributed by atoms with E-state index in [1.807, 2.05) is 0 Å². The molecule has 2 radical (unpaired) electrons. The molecule has 0 saturated carbocycles. The zero-order valence-electron chi connectivity index (χ0n) is 5.06. The molecule has 0 aromatic carbocycles. The summed E-state index contributed by atoms with van der Waals surface area (Å²) >= 11 is 0. The number of aryl methyl sites for hydroxylation is 1. The molecular formula is C6H5BFN. The third kappa shape index (κ3) is 1.09. The lowest BCUT2D eigenvalue weighted by Gasteiger charge is -1.96. The number of hydrogen-bond donors (Lipinski definition) is 0. The fourth-order valence-corrected chi connectivity index (χ4v) is 0.561. The molecule has 1 heterocycles. The number of pyridine rings is 1. The predicted molar refractivity (Wildman–Crippen MR) is 34.3 cm³/mol. The third-order valence-electron chi connectivity index (χ3n) is 1.11. The van der Waals surface area contributed by atoms with Gasteiger partial charge in [-0.15, -0.1) is 0 Å². The van der Waals surface area contributed by atoms with Crippen molar-refractivity contribution in [3.63, 3.8) is 0 Å². The lowest BCUT2D eigenvalue weighted by Crippen LogP contribution is -2.13. The predicted octanol–water partition coefficient (Wildman–Crippen LogP) is 0.323. The van der Waals surface area contributed by atoms with Crippen LogP contribution in [0.1, 0.15) is 5.56 Å². The first-order valence-electron chi connectivity index (χ1n) is 2.58. The van der Waals surface area contributed by atoms with Crippen molar-refractivity contribution in [2.75, 3.05) is 0 Å². The maximum Gasteiger partial charge on any atom is 0.145 e. The SMILES string of the molecule is [B]c1nccc(C)c1F. The fraction of sp³-hybridized carbons (Fsp3) is 0.167. The molecule has 0 aliphatic rings. The number of hydrogen-bond acceptors (Lipinski definition) is 1. The molecule has 1 rings (SSSR count). The molecule has 0 bridgehead atoms. The first kappa shape index (κ1) is 6.27. The van der Waals surface area contributed by atoms with Crippen LogP contribution in [-0.2, 0) is 0 Å². The van der Waals surface area contributed by atoms with Crippen LogP contribution >= 0.6 is 0 Å². The van der Waals surface area contributed by atoms with Crippen molar-refractivity contribution in [2.45, 2.75) is 6.92 Å². The highest BCUT2D eigenvalue weighted by atomic mass is 19.1. The van der Waals surface area contributed by atoms with Gasteiger partial charge in [-0.25, -0.2) is 4.39 Å². The molecule has 1 nitrogen and oxygen atoms in total. The van der Waals surface area contributed by atoms with Gasteiger partial charge < -0.3 is 0 Å². The van der Waals surface area contributed by atoms with E-state index in [1.165, 1.54) is 6.20 Å². The summed E-state index contributed by atoms with van der Waals surface area (Å²) in [5, 5.41) is 0. The van der Waals surface area contributed by atoms with Gasteiger partial charge >= 0.3 is 0 Å². The Morgan fingerprint density at radius 3 is 2.78 bits per heavy atom. The normalized spacial score (nSPS) is 9.56. The molecule has 0 aliphatic carbocycles. The van der Waals surface area contributed by atoms with E-state index in [2.05, 4.69) is 4.98 Å². The number of aromatic nitrogens is 1. The maximum absolute atomic E-state index is 12.5. The summed E-state index contributed by atoms with van der Waals surface area (Å²) in [5.41, 5.74) is 0.498. The van der Waals surface area contributed by atoms with Gasteiger partial charge in [0.05, 0.1) is 0 Å². The topological polar surface area (TPSA) is 12.9 Å². The van der Waals surface area contributed by atoms with E-state index < -0.39 is 5.82 Å². The first-order chi connectivity index (χ1) is 4.22. The van der Waals surface area contributed by atoms with Crippen molar-refractivity contribution in [2.24, 2.45) is 0 Å². The molecule has 1 aromatic heterocycles. The Balaban J connectivity index is 3.25. The van der Waals surface area contributed by atoms with Gasteiger partial charge in [-0.2, -0.15) is 0 Å². The summed E-state index contributed by atoms with van der Waals surface area (Å²) in [6.07, 6.45) is 1.48. The van der Waals surface area contributed by atoms with Crippen LogP contribution in [0.5, 0.6) is 0 Å². The van der Waals surface area contributed by atoms with E-state index in [0.717, 1.165) is 0 Å². The zero-order chi connectivity index (χ0) is 6.85. The van der Waals surface area contributed by atoms with Crippen LogP contribution in [0.4, 0.5) is 4.39 Å². The zero-order valence-corrected chi connectivity index (χ0v) is 5.06. The Kier molecular flexibility index (Phi) is 1.51. The molecule has 0 atom stereocenters. The fourth-order valence-electron chi connectivity index (χ4n) is 0.561. The Morgan fingerprint density at radius 1 is 1.67 bits per heavy atom. The lowest BCUT2D eigenvalue weighted by atomic mass is 10.0.